The summed E-state index contributed by atoms with van der Waals surface area (Å²) in [7, 11) is 0. The minimum absolute atomic E-state index is 1.24. The van der Waals surface area contributed by atoms with Crippen molar-refractivity contribution in [2.45, 2.75) is 117 Å². The fraction of sp³-hybridized carbons (Fsp3) is 0.750. The molecule has 0 saturated carbocycles. The first-order valence-corrected chi connectivity index (χ1v) is 10.9. The van der Waals surface area contributed by atoms with Gasteiger partial charge in [0.1, 0.15) is 0 Å². The summed E-state index contributed by atoms with van der Waals surface area (Å²) in [5.74, 6) is 0. The average Bonchev–Trinajstić information content (AvgIpc) is 2.61. The largest absolute Gasteiger partial charge is 0.0654 e. The number of benzene rings is 1. The van der Waals surface area contributed by atoms with Crippen molar-refractivity contribution in [2.24, 2.45) is 0 Å². The van der Waals surface area contributed by atoms with E-state index in [-0.39, 0.29) is 0 Å². The molecular weight excluding hydrogens is 288 g/mol. The van der Waals surface area contributed by atoms with E-state index >= 15 is 0 Å². The first kappa shape index (κ1) is 21.3. The van der Waals surface area contributed by atoms with E-state index in [0.29, 0.717) is 0 Å². The van der Waals surface area contributed by atoms with Crippen molar-refractivity contribution in [1.82, 2.24) is 0 Å². The summed E-state index contributed by atoms with van der Waals surface area (Å²) in [6.45, 7) is 4.58. The van der Waals surface area contributed by atoms with E-state index < -0.39 is 0 Å². The molecular formula is C24H41. The monoisotopic (exact) mass is 329 g/mol. The summed E-state index contributed by atoms with van der Waals surface area (Å²) >= 11 is 0. The molecule has 1 rings (SSSR count). The lowest BCUT2D eigenvalue weighted by atomic mass is 9.96. The van der Waals surface area contributed by atoms with E-state index in [4.69, 9.17) is 0 Å². The van der Waals surface area contributed by atoms with Crippen molar-refractivity contribution < 1.29 is 0 Å². The maximum atomic E-state index is 3.52. The van der Waals surface area contributed by atoms with Crippen LogP contribution in [0.4, 0.5) is 0 Å². The lowest BCUT2D eigenvalue weighted by molar-refractivity contribution is 0.583. The Morgan fingerprint density at radius 2 is 1.12 bits per heavy atom. The predicted molar refractivity (Wildman–Crippen MR) is 109 cm³/mol. The molecule has 0 spiro atoms. The topological polar surface area (TPSA) is 0 Å². The van der Waals surface area contributed by atoms with Crippen LogP contribution in [0, 0.1) is 6.07 Å². The van der Waals surface area contributed by atoms with Gasteiger partial charge in [-0.25, -0.2) is 0 Å². The second-order valence-electron chi connectivity index (χ2n) is 7.42. The maximum absolute atomic E-state index is 3.52. The zero-order valence-corrected chi connectivity index (χ0v) is 16.5. The maximum Gasteiger partial charge on any atom is -0.0146 e. The Hall–Kier alpha value is -0.780. The van der Waals surface area contributed by atoms with Crippen LogP contribution in [-0.4, -0.2) is 0 Å². The molecule has 0 atom stereocenters. The van der Waals surface area contributed by atoms with Crippen molar-refractivity contribution in [1.29, 1.82) is 0 Å². The van der Waals surface area contributed by atoms with E-state index in [1.807, 2.05) is 0 Å². The third-order valence-corrected chi connectivity index (χ3v) is 5.12. The normalized spacial score (nSPS) is 11.1. The number of hydrogen-bond acceptors (Lipinski definition) is 0. The van der Waals surface area contributed by atoms with Gasteiger partial charge in [-0.3, -0.25) is 0 Å². The Kier molecular flexibility index (Phi) is 13.9. The molecule has 0 bridgehead atoms. The van der Waals surface area contributed by atoms with Gasteiger partial charge in [-0.15, -0.1) is 0 Å². The molecule has 24 heavy (non-hydrogen) atoms. The second-order valence-corrected chi connectivity index (χ2v) is 7.42. The zero-order chi connectivity index (χ0) is 17.3. The van der Waals surface area contributed by atoms with Crippen LogP contribution in [0.2, 0.25) is 0 Å². The molecule has 0 fully saturated rings. The van der Waals surface area contributed by atoms with Crippen molar-refractivity contribution in [3.05, 3.63) is 35.4 Å². The summed E-state index contributed by atoms with van der Waals surface area (Å²) in [5.41, 5.74) is 3.06. The highest BCUT2D eigenvalue weighted by molar-refractivity contribution is 5.26. The van der Waals surface area contributed by atoms with Crippen LogP contribution in [0.5, 0.6) is 0 Å². The number of rotatable bonds is 16. The van der Waals surface area contributed by atoms with Crippen molar-refractivity contribution in [2.75, 3.05) is 0 Å². The van der Waals surface area contributed by atoms with E-state index in [1.165, 1.54) is 108 Å². The molecule has 0 aromatic heterocycles. The number of hydrogen-bond donors (Lipinski definition) is 0. The molecule has 0 heteroatoms. The highest BCUT2D eigenvalue weighted by Gasteiger charge is 2.02. The van der Waals surface area contributed by atoms with Crippen LogP contribution in [0.1, 0.15) is 115 Å². The molecule has 0 aliphatic carbocycles. The van der Waals surface area contributed by atoms with Crippen LogP contribution in [-0.2, 0) is 12.8 Å². The summed E-state index contributed by atoms with van der Waals surface area (Å²) in [6.07, 6.45) is 22.1. The Balaban J connectivity index is 2.14. The van der Waals surface area contributed by atoms with Crippen molar-refractivity contribution in [3.63, 3.8) is 0 Å². The average molecular weight is 330 g/mol. The van der Waals surface area contributed by atoms with Gasteiger partial charge < -0.3 is 0 Å². The molecule has 0 nitrogen and oxygen atoms in total. The molecule has 0 heterocycles. The molecule has 1 aromatic carbocycles. The van der Waals surface area contributed by atoms with Crippen LogP contribution in [0.25, 0.3) is 0 Å². The van der Waals surface area contributed by atoms with Crippen molar-refractivity contribution >= 4 is 0 Å². The number of unbranched alkanes of at least 4 members (excludes halogenated alkanes) is 12. The lowest BCUT2D eigenvalue weighted by Crippen LogP contribution is -1.96. The zero-order valence-electron chi connectivity index (χ0n) is 16.5. The quantitative estimate of drug-likeness (QED) is 0.269. The molecule has 0 aliphatic rings. The van der Waals surface area contributed by atoms with E-state index in [0.717, 1.165) is 0 Å². The van der Waals surface area contributed by atoms with Crippen LogP contribution >= 0.6 is 0 Å². The minimum Gasteiger partial charge on any atom is -0.0654 e. The molecule has 0 unspecified atom stereocenters. The first-order valence-electron chi connectivity index (χ1n) is 10.9. The first-order chi connectivity index (χ1) is 11.9. The lowest BCUT2D eigenvalue weighted by Gasteiger charge is -2.09. The molecule has 0 N–H and O–H groups in total. The Labute approximate surface area is 152 Å². The van der Waals surface area contributed by atoms with E-state index in [2.05, 4.69) is 38.1 Å². The van der Waals surface area contributed by atoms with Gasteiger partial charge in [0.2, 0.25) is 0 Å². The smallest absolute Gasteiger partial charge is 0.0146 e. The fourth-order valence-corrected chi connectivity index (χ4v) is 3.50. The Bertz CT molecular complexity index is 342. The minimum atomic E-state index is 1.24. The highest BCUT2D eigenvalue weighted by atomic mass is 14.1. The molecule has 0 amide bonds. The second kappa shape index (κ2) is 15.7. The molecule has 1 aromatic rings. The van der Waals surface area contributed by atoms with Crippen LogP contribution < -0.4 is 0 Å². The van der Waals surface area contributed by atoms with Gasteiger partial charge in [0, 0.05) is 0 Å². The van der Waals surface area contributed by atoms with Gasteiger partial charge >= 0.3 is 0 Å². The summed E-state index contributed by atoms with van der Waals surface area (Å²) in [4.78, 5) is 0. The summed E-state index contributed by atoms with van der Waals surface area (Å²) in [6, 6.07) is 10.1. The van der Waals surface area contributed by atoms with E-state index in [1.54, 1.807) is 5.56 Å². The molecule has 137 valence electrons. The third kappa shape index (κ3) is 10.9. The number of aryl methyl sites for hydroxylation is 2. The van der Waals surface area contributed by atoms with E-state index in [9.17, 15) is 0 Å². The third-order valence-electron chi connectivity index (χ3n) is 5.12. The van der Waals surface area contributed by atoms with Gasteiger partial charge in [-0.05, 0) is 42.9 Å². The SMILES string of the molecule is CCCCCCCCCc1[c]cccc1CCCCCCCCC. The van der Waals surface area contributed by atoms with Gasteiger partial charge in [0.25, 0.3) is 0 Å². The van der Waals surface area contributed by atoms with Gasteiger partial charge in [0.05, 0.1) is 0 Å². The fourth-order valence-electron chi connectivity index (χ4n) is 3.50. The van der Waals surface area contributed by atoms with Crippen molar-refractivity contribution in [3.8, 4) is 0 Å². The Morgan fingerprint density at radius 1 is 0.625 bits per heavy atom. The molecule has 0 aliphatic heterocycles. The predicted octanol–water partition coefficient (Wildman–Crippen LogP) is 8.07. The highest BCUT2D eigenvalue weighted by Crippen LogP contribution is 2.17. The Morgan fingerprint density at radius 3 is 1.71 bits per heavy atom. The summed E-state index contributed by atoms with van der Waals surface area (Å²) in [5, 5.41) is 0. The van der Waals surface area contributed by atoms with Crippen LogP contribution in [0.3, 0.4) is 0 Å². The van der Waals surface area contributed by atoms with Gasteiger partial charge in [-0.2, -0.15) is 0 Å². The van der Waals surface area contributed by atoms with Gasteiger partial charge in [0.15, 0.2) is 0 Å². The standard InChI is InChI=1S/C24H41/c1-3-5-7-9-11-13-15-19-23-21-17-18-22-24(23)20-16-14-12-10-8-6-4-2/h17-18,21H,3-16,19-20H2,1-2H3. The molecule has 1 radical (unpaired) electrons. The van der Waals surface area contributed by atoms with Gasteiger partial charge in [-0.1, -0.05) is 109 Å². The summed E-state index contributed by atoms with van der Waals surface area (Å²) < 4.78 is 0. The molecule has 0 saturated heterocycles. The van der Waals surface area contributed by atoms with Crippen LogP contribution in [0.15, 0.2) is 18.2 Å².